The summed E-state index contributed by atoms with van der Waals surface area (Å²) in [6.07, 6.45) is 3.55. The topological polar surface area (TPSA) is 63.1 Å². The van der Waals surface area contributed by atoms with Gasteiger partial charge in [-0.3, -0.25) is 4.79 Å². The minimum absolute atomic E-state index is 0.139. The quantitative estimate of drug-likeness (QED) is 0.520. The summed E-state index contributed by atoms with van der Waals surface area (Å²) in [5, 5.41) is 9.01. The van der Waals surface area contributed by atoms with Crippen LogP contribution in [0.3, 0.4) is 0 Å². The highest BCUT2D eigenvalue weighted by atomic mass is 127. The molecular weight excluding hydrogens is 303 g/mol. The summed E-state index contributed by atoms with van der Waals surface area (Å²) < 4.78 is 0.972. The minimum Gasteiger partial charge on any atom is -0.481 e. The second-order valence-electron chi connectivity index (χ2n) is 2.18. The van der Waals surface area contributed by atoms with Crippen LogP contribution in [-0.2, 0) is 4.79 Å². The van der Waals surface area contributed by atoms with Crippen LogP contribution in [0, 0.1) is 3.57 Å². The molecule has 0 spiro atoms. The Labute approximate surface area is 93.3 Å². The van der Waals surface area contributed by atoms with Crippen molar-refractivity contribution in [1.82, 2.24) is 9.97 Å². The van der Waals surface area contributed by atoms with E-state index in [9.17, 15) is 4.79 Å². The van der Waals surface area contributed by atoms with Crippen LogP contribution in [-0.4, -0.2) is 26.8 Å². The third-order valence-corrected chi connectivity index (χ3v) is 2.58. The summed E-state index contributed by atoms with van der Waals surface area (Å²) in [5.41, 5.74) is 0. The first kappa shape index (κ1) is 10.7. The predicted molar refractivity (Wildman–Crippen MR) is 57.7 cm³/mol. The zero-order valence-electron chi connectivity index (χ0n) is 6.61. The van der Waals surface area contributed by atoms with Gasteiger partial charge in [-0.05, 0) is 22.6 Å². The monoisotopic (exact) mass is 310 g/mol. The molecule has 0 aliphatic rings. The van der Waals surface area contributed by atoms with E-state index in [4.69, 9.17) is 5.11 Å². The number of carboxylic acid groups (broad SMARTS) is 1. The van der Waals surface area contributed by atoms with Crippen LogP contribution >= 0.6 is 34.4 Å². The Balaban J connectivity index is 2.37. The van der Waals surface area contributed by atoms with Gasteiger partial charge in [0.05, 0.1) is 6.42 Å². The van der Waals surface area contributed by atoms with Gasteiger partial charge >= 0.3 is 5.97 Å². The molecule has 0 aromatic carbocycles. The molecule has 0 saturated heterocycles. The maximum Gasteiger partial charge on any atom is 0.304 e. The number of aliphatic carboxylic acids is 1. The van der Waals surface area contributed by atoms with Gasteiger partial charge in [0.25, 0.3) is 0 Å². The summed E-state index contributed by atoms with van der Waals surface area (Å²) >= 11 is 3.47. The smallest absolute Gasteiger partial charge is 0.304 e. The lowest BCUT2D eigenvalue weighted by Gasteiger charge is -1.96. The van der Waals surface area contributed by atoms with Gasteiger partial charge in [0.1, 0.15) is 0 Å². The van der Waals surface area contributed by atoms with Gasteiger partial charge in [0.2, 0.25) is 0 Å². The average molecular weight is 310 g/mol. The molecule has 0 fully saturated rings. The molecule has 0 amide bonds. The van der Waals surface area contributed by atoms with E-state index in [0.29, 0.717) is 10.9 Å². The Morgan fingerprint density at radius 2 is 2.15 bits per heavy atom. The van der Waals surface area contributed by atoms with E-state index in [2.05, 4.69) is 32.6 Å². The van der Waals surface area contributed by atoms with Crippen LogP contribution in [0.25, 0.3) is 0 Å². The number of thioether (sulfide) groups is 1. The zero-order chi connectivity index (χ0) is 9.68. The minimum atomic E-state index is -0.794. The van der Waals surface area contributed by atoms with Gasteiger partial charge in [-0.1, -0.05) is 11.8 Å². The number of nitrogens with zero attached hydrogens (tertiary/aromatic N) is 2. The number of hydrogen-bond donors (Lipinski definition) is 1. The second kappa shape index (κ2) is 5.38. The van der Waals surface area contributed by atoms with Gasteiger partial charge in [-0.25, -0.2) is 9.97 Å². The molecule has 1 rings (SSSR count). The fourth-order valence-corrected chi connectivity index (χ4v) is 1.60. The van der Waals surface area contributed by atoms with Crippen LogP contribution in [0.2, 0.25) is 0 Å². The third kappa shape index (κ3) is 4.41. The molecule has 0 bridgehead atoms. The Hall–Kier alpha value is -0.370. The largest absolute Gasteiger partial charge is 0.481 e. The lowest BCUT2D eigenvalue weighted by Crippen LogP contribution is -1.96. The zero-order valence-corrected chi connectivity index (χ0v) is 9.58. The fourth-order valence-electron chi connectivity index (χ4n) is 0.605. The first-order valence-corrected chi connectivity index (χ1v) is 5.57. The first-order chi connectivity index (χ1) is 6.18. The van der Waals surface area contributed by atoms with Crippen molar-refractivity contribution < 1.29 is 9.90 Å². The summed E-state index contributed by atoms with van der Waals surface area (Å²) in [6, 6.07) is 0. The SMILES string of the molecule is O=C(O)CCSc1ncc(I)cn1. The van der Waals surface area contributed by atoms with E-state index in [1.165, 1.54) is 11.8 Å². The van der Waals surface area contributed by atoms with Crippen LogP contribution in [0.4, 0.5) is 0 Å². The van der Waals surface area contributed by atoms with E-state index in [-0.39, 0.29) is 6.42 Å². The maximum absolute atomic E-state index is 10.2. The van der Waals surface area contributed by atoms with Crippen molar-refractivity contribution in [2.45, 2.75) is 11.6 Å². The molecule has 0 aliphatic heterocycles. The van der Waals surface area contributed by atoms with Crippen LogP contribution in [0.1, 0.15) is 6.42 Å². The molecule has 0 unspecified atom stereocenters. The molecule has 1 aromatic rings. The molecule has 0 radical (unpaired) electrons. The molecule has 13 heavy (non-hydrogen) atoms. The van der Waals surface area contributed by atoms with Crippen LogP contribution in [0.15, 0.2) is 17.6 Å². The Morgan fingerprint density at radius 3 is 2.69 bits per heavy atom. The van der Waals surface area contributed by atoms with E-state index in [1.54, 1.807) is 12.4 Å². The predicted octanol–water partition coefficient (Wildman–Crippen LogP) is 1.65. The van der Waals surface area contributed by atoms with Crippen molar-refractivity contribution in [2.75, 3.05) is 5.75 Å². The first-order valence-electron chi connectivity index (χ1n) is 3.50. The highest BCUT2D eigenvalue weighted by molar-refractivity contribution is 14.1. The normalized spacial score (nSPS) is 9.92. The number of carbonyl (C=O) groups is 1. The summed E-state index contributed by atoms with van der Waals surface area (Å²) in [5.74, 6) is -0.284. The van der Waals surface area contributed by atoms with E-state index < -0.39 is 5.97 Å². The maximum atomic E-state index is 10.2. The Bertz CT molecular complexity index is 291. The number of carboxylic acids is 1. The molecule has 4 nitrogen and oxygen atoms in total. The fraction of sp³-hybridized carbons (Fsp3) is 0.286. The Kier molecular flexibility index (Phi) is 4.43. The van der Waals surface area contributed by atoms with E-state index in [0.717, 1.165) is 3.57 Å². The van der Waals surface area contributed by atoms with Crippen molar-refractivity contribution in [3.8, 4) is 0 Å². The van der Waals surface area contributed by atoms with E-state index >= 15 is 0 Å². The molecule has 6 heteroatoms. The van der Waals surface area contributed by atoms with Crippen molar-refractivity contribution >= 4 is 40.3 Å². The standard InChI is InChI=1S/C7H7IN2O2S/c8-5-3-9-7(10-4-5)13-2-1-6(11)12/h3-4H,1-2H2,(H,11,12). The summed E-state index contributed by atoms with van der Waals surface area (Å²) in [7, 11) is 0. The summed E-state index contributed by atoms with van der Waals surface area (Å²) in [6.45, 7) is 0. The molecular formula is C7H7IN2O2S. The van der Waals surface area contributed by atoms with Gasteiger partial charge in [0.15, 0.2) is 5.16 Å². The van der Waals surface area contributed by atoms with Crippen molar-refractivity contribution in [2.24, 2.45) is 0 Å². The number of halogens is 1. The average Bonchev–Trinajstić information content (AvgIpc) is 2.08. The lowest BCUT2D eigenvalue weighted by molar-refractivity contribution is -0.136. The molecule has 1 N–H and O–H groups in total. The van der Waals surface area contributed by atoms with Gasteiger partial charge in [0, 0.05) is 21.7 Å². The van der Waals surface area contributed by atoms with Crippen molar-refractivity contribution in [3.63, 3.8) is 0 Å². The molecule has 0 aliphatic carbocycles. The molecule has 1 aromatic heterocycles. The highest BCUT2D eigenvalue weighted by Crippen LogP contribution is 2.13. The van der Waals surface area contributed by atoms with Crippen LogP contribution < -0.4 is 0 Å². The second-order valence-corrected chi connectivity index (χ2v) is 4.48. The molecule has 1 heterocycles. The number of rotatable bonds is 4. The Morgan fingerprint density at radius 1 is 1.54 bits per heavy atom. The number of aromatic nitrogens is 2. The van der Waals surface area contributed by atoms with Crippen molar-refractivity contribution in [3.05, 3.63) is 16.0 Å². The lowest BCUT2D eigenvalue weighted by atomic mass is 10.5. The highest BCUT2D eigenvalue weighted by Gasteiger charge is 2.00. The van der Waals surface area contributed by atoms with Gasteiger partial charge in [-0.2, -0.15) is 0 Å². The molecule has 0 atom stereocenters. The van der Waals surface area contributed by atoms with Crippen molar-refractivity contribution in [1.29, 1.82) is 0 Å². The third-order valence-electron chi connectivity index (χ3n) is 1.14. The van der Waals surface area contributed by atoms with Gasteiger partial charge < -0.3 is 5.11 Å². The number of hydrogen-bond acceptors (Lipinski definition) is 4. The molecule has 0 saturated carbocycles. The van der Waals surface area contributed by atoms with E-state index in [1.807, 2.05) is 0 Å². The molecule has 70 valence electrons. The summed E-state index contributed by atoms with van der Waals surface area (Å²) in [4.78, 5) is 18.2. The van der Waals surface area contributed by atoms with Crippen LogP contribution in [0.5, 0.6) is 0 Å². The van der Waals surface area contributed by atoms with Gasteiger partial charge in [-0.15, -0.1) is 0 Å².